The number of benzene rings is 1. The van der Waals surface area contributed by atoms with Gasteiger partial charge < -0.3 is 14.8 Å². The molecule has 24 heavy (non-hydrogen) atoms. The molecule has 124 valence electrons. The summed E-state index contributed by atoms with van der Waals surface area (Å²) < 4.78 is 2.26. The Morgan fingerprint density at radius 3 is 3.04 bits per heavy atom. The summed E-state index contributed by atoms with van der Waals surface area (Å²) in [4.78, 5) is 18.6. The van der Waals surface area contributed by atoms with E-state index in [4.69, 9.17) is 11.6 Å². The summed E-state index contributed by atoms with van der Waals surface area (Å²) in [5.41, 5.74) is 2.31. The number of hydrogen-bond acceptors (Lipinski definition) is 3. The van der Waals surface area contributed by atoms with Gasteiger partial charge >= 0.3 is 6.03 Å². The third-order valence-electron chi connectivity index (χ3n) is 4.34. The number of fused-ring (bicyclic) bond motifs is 3. The van der Waals surface area contributed by atoms with Gasteiger partial charge in [-0.25, -0.2) is 9.78 Å². The molecule has 0 unspecified atom stereocenters. The molecular weight excluding hydrogens is 344 g/mol. The van der Waals surface area contributed by atoms with E-state index in [1.807, 2.05) is 35.4 Å². The third kappa shape index (κ3) is 2.76. The van der Waals surface area contributed by atoms with Crippen molar-refractivity contribution in [1.82, 2.24) is 19.8 Å². The van der Waals surface area contributed by atoms with Crippen LogP contribution >= 0.6 is 22.9 Å². The number of carbonyl (C=O) groups excluding carboxylic acids is 1. The first-order valence-electron chi connectivity index (χ1n) is 7.84. The highest BCUT2D eigenvalue weighted by atomic mass is 35.5. The summed E-state index contributed by atoms with van der Waals surface area (Å²) in [7, 11) is 0. The third-order valence-corrected chi connectivity index (χ3v) is 5.54. The molecule has 3 heterocycles. The number of rotatable bonds is 2. The number of nitrogens with zero attached hydrogens (tertiary/aromatic N) is 3. The van der Waals surface area contributed by atoms with E-state index in [9.17, 15) is 4.79 Å². The minimum absolute atomic E-state index is 0.0489. The Balaban J connectivity index is 1.51. The molecule has 2 amide bonds. The quantitative estimate of drug-likeness (QED) is 0.749. The van der Waals surface area contributed by atoms with Gasteiger partial charge in [0.1, 0.15) is 5.01 Å². The van der Waals surface area contributed by atoms with E-state index in [0.29, 0.717) is 13.1 Å². The highest BCUT2D eigenvalue weighted by Gasteiger charge is 2.24. The van der Waals surface area contributed by atoms with Crippen LogP contribution in [0.15, 0.2) is 35.8 Å². The van der Waals surface area contributed by atoms with Crippen molar-refractivity contribution in [3.63, 3.8) is 0 Å². The van der Waals surface area contributed by atoms with Crippen LogP contribution in [0.25, 0.3) is 10.9 Å². The maximum atomic E-state index is 12.5. The van der Waals surface area contributed by atoms with E-state index in [1.54, 1.807) is 17.5 Å². The maximum absolute atomic E-state index is 12.5. The Labute approximate surface area is 148 Å². The molecule has 3 aromatic rings. The molecule has 0 spiro atoms. The lowest BCUT2D eigenvalue weighted by Gasteiger charge is -2.30. The molecule has 1 aromatic carbocycles. The lowest BCUT2D eigenvalue weighted by Crippen LogP contribution is -2.44. The number of amides is 2. The number of urea groups is 1. The molecule has 0 radical (unpaired) electrons. The standard InChI is InChI=1S/C17H17ClN4OS/c1-11(16-19-4-7-24-16)20-17(23)21-5-6-22-14(10-21)9-12-8-13(18)2-3-15(12)22/h2-4,7-9,11H,5-6,10H2,1H3,(H,20,23)/t11-/m0/s1. The van der Waals surface area contributed by atoms with E-state index in [0.717, 1.165) is 27.7 Å². The van der Waals surface area contributed by atoms with Crippen LogP contribution < -0.4 is 5.32 Å². The first-order chi connectivity index (χ1) is 11.6. The number of halogens is 1. The number of hydrogen-bond donors (Lipinski definition) is 1. The van der Waals surface area contributed by atoms with Crippen molar-refractivity contribution in [2.75, 3.05) is 6.54 Å². The molecule has 0 bridgehead atoms. The van der Waals surface area contributed by atoms with Crippen molar-refractivity contribution in [3.05, 3.63) is 51.6 Å². The van der Waals surface area contributed by atoms with Crippen LogP contribution in [0.4, 0.5) is 4.79 Å². The number of nitrogens with one attached hydrogen (secondary N) is 1. The molecule has 2 aromatic heterocycles. The molecule has 0 fully saturated rings. The molecule has 5 nitrogen and oxygen atoms in total. The van der Waals surface area contributed by atoms with Crippen molar-refractivity contribution >= 4 is 39.9 Å². The van der Waals surface area contributed by atoms with Crippen LogP contribution in [-0.2, 0) is 13.1 Å². The van der Waals surface area contributed by atoms with Crippen LogP contribution in [0, 0.1) is 0 Å². The van der Waals surface area contributed by atoms with Crippen molar-refractivity contribution < 1.29 is 4.79 Å². The van der Waals surface area contributed by atoms with Gasteiger partial charge in [0, 0.05) is 46.3 Å². The zero-order valence-electron chi connectivity index (χ0n) is 13.2. The van der Waals surface area contributed by atoms with Crippen molar-refractivity contribution in [2.24, 2.45) is 0 Å². The van der Waals surface area contributed by atoms with Gasteiger partial charge in [0.15, 0.2) is 0 Å². The fourth-order valence-electron chi connectivity index (χ4n) is 3.15. The number of aromatic nitrogens is 2. The Morgan fingerprint density at radius 1 is 1.38 bits per heavy atom. The largest absolute Gasteiger partial charge is 0.341 e. The Bertz CT molecular complexity index is 890. The maximum Gasteiger partial charge on any atom is 0.318 e. The highest BCUT2D eigenvalue weighted by Crippen LogP contribution is 2.27. The minimum Gasteiger partial charge on any atom is -0.341 e. The lowest BCUT2D eigenvalue weighted by atomic mass is 10.2. The second kappa shape index (κ2) is 6.11. The predicted molar refractivity (Wildman–Crippen MR) is 96.4 cm³/mol. The Kier molecular flexibility index (Phi) is 3.94. The van der Waals surface area contributed by atoms with Crippen LogP contribution in [0.2, 0.25) is 5.02 Å². The van der Waals surface area contributed by atoms with E-state index in [1.165, 1.54) is 5.52 Å². The second-order valence-electron chi connectivity index (χ2n) is 5.95. The van der Waals surface area contributed by atoms with E-state index in [2.05, 4.69) is 20.9 Å². The van der Waals surface area contributed by atoms with Crippen molar-refractivity contribution in [2.45, 2.75) is 26.1 Å². The molecule has 1 aliphatic heterocycles. The van der Waals surface area contributed by atoms with Gasteiger partial charge in [-0.2, -0.15) is 0 Å². The monoisotopic (exact) mass is 360 g/mol. The van der Waals surface area contributed by atoms with E-state index < -0.39 is 0 Å². The first kappa shape index (κ1) is 15.5. The molecule has 0 saturated heterocycles. The van der Waals surface area contributed by atoms with Crippen LogP contribution in [-0.4, -0.2) is 27.0 Å². The summed E-state index contributed by atoms with van der Waals surface area (Å²) >= 11 is 7.63. The zero-order chi connectivity index (χ0) is 16.7. The molecule has 4 rings (SSSR count). The van der Waals surface area contributed by atoms with Gasteiger partial charge in [-0.05, 0) is 31.2 Å². The van der Waals surface area contributed by atoms with Gasteiger partial charge in [0.25, 0.3) is 0 Å². The van der Waals surface area contributed by atoms with Crippen LogP contribution in [0.5, 0.6) is 0 Å². The topological polar surface area (TPSA) is 50.2 Å². The minimum atomic E-state index is -0.0795. The fraction of sp³-hybridized carbons (Fsp3) is 0.294. The normalized spacial score (nSPS) is 15.3. The van der Waals surface area contributed by atoms with E-state index >= 15 is 0 Å². The summed E-state index contributed by atoms with van der Waals surface area (Å²) in [6.45, 7) is 4.04. The SMILES string of the molecule is C[C@H](NC(=O)N1CCn2c(cc3cc(Cl)ccc32)C1)c1nccs1. The Morgan fingerprint density at radius 2 is 2.25 bits per heavy atom. The average molecular weight is 361 g/mol. The van der Waals surface area contributed by atoms with Gasteiger partial charge in [-0.3, -0.25) is 0 Å². The number of thiazole rings is 1. The molecule has 0 saturated carbocycles. The fourth-order valence-corrected chi connectivity index (χ4v) is 3.98. The molecule has 7 heteroatoms. The summed E-state index contributed by atoms with van der Waals surface area (Å²) in [6, 6.07) is 7.91. The van der Waals surface area contributed by atoms with Gasteiger partial charge in [0.05, 0.1) is 12.6 Å². The summed E-state index contributed by atoms with van der Waals surface area (Å²) in [5, 5.41) is 7.72. The summed E-state index contributed by atoms with van der Waals surface area (Å²) in [5.74, 6) is 0. The molecule has 1 aliphatic rings. The van der Waals surface area contributed by atoms with Gasteiger partial charge in [0.2, 0.25) is 0 Å². The molecule has 0 aliphatic carbocycles. The Hall–Kier alpha value is -2.05. The predicted octanol–water partition coefficient (Wildman–Crippen LogP) is 4.04. The lowest BCUT2D eigenvalue weighted by molar-refractivity contribution is 0.181. The summed E-state index contributed by atoms with van der Waals surface area (Å²) in [6.07, 6.45) is 1.76. The van der Waals surface area contributed by atoms with Crippen molar-refractivity contribution in [1.29, 1.82) is 0 Å². The second-order valence-corrected chi connectivity index (χ2v) is 7.32. The molecular formula is C17H17ClN4OS. The first-order valence-corrected chi connectivity index (χ1v) is 9.10. The zero-order valence-corrected chi connectivity index (χ0v) is 14.8. The van der Waals surface area contributed by atoms with Gasteiger partial charge in [-0.1, -0.05) is 11.6 Å². The highest BCUT2D eigenvalue weighted by molar-refractivity contribution is 7.09. The van der Waals surface area contributed by atoms with Crippen molar-refractivity contribution in [3.8, 4) is 0 Å². The number of carbonyl (C=O) groups is 1. The van der Waals surface area contributed by atoms with E-state index in [-0.39, 0.29) is 12.1 Å². The van der Waals surface area contributed by atoms with Crippen LogP contribution in [0.3, 0.4) is 0 Å². The van der Waals surface area contributed by atoms with Gasteiger partial charge in [-0.15, -0.1) is 11.3 Å². The van der Waals surface area contributed by atoms with Crippen LogP contribution in [0.1, 0.15) is 23.7 Å². The molecule has 1 N–H and O–H groups in total. The molecule has 1 atom stereocenters. The smallest absolute Gasteiger partial charge is 0.318 e. The average Bonchev–Trinajstić information content (AvgIpc) is 3.21.